The molecule has 1 N–H and O–H groups in total. The fourth-order valence-electron chi connectivity index (χ4n) is 2.38. The molecule has 0 aliphatic heterocycles. The van der Waals surface area contributed by atoms with Gasteiger partial charge in [-0.2, -0.15) is 0 Å². The number of amides is 1. The zero-order chi connectivity index (χ0) is 16.4. The van der Waals surface area contributed by atoms with Gasteiger partial charge in [0.05, 0.1) is 16.9 Å². The monoisotopic (exact) mass is 321 g/mol. The van der Waals surface area contributed by atoms with E-state index in [-0.39, 0.29) is 23.4 Å². The highest BCUT2D eigenvalue weighted by molar-refractivity contribution is 6.31. The maximum atomic E-state index is 12.4. The van der Waals surface area contributed by atoms with Crippen molar-refractivity contribution in [2.24, 2.45) is 13.0 Å². The normalized spacial score (nSPS) is 12.6. The van der Waals surface area contributed by atoms with Crippen LogP contribution in [0, 0.1) is 5.92 Å². The Kier molecular flexibility index (Phi) is 4.86. The zero-order valence-electron chi connectivity index (χ0n) is 13.2. The first-order valence-corrected chi connectivity index (χ1v) is 7.63. The third-order valence-corrected chi connectivity index (χ3v) is 3.67. The standard InChI is InChI=1S/C16H20ClN3O2/c1-9(2)7-14(21)18-10(3)15-19-13-8-11(17)5-6-12(13)16(22)20(15)4/h5-6,8-10H,7H2,1-4H3,(H,18,21)/t10-/m0/s1. The van der Waals surface area contributed by atoms with Gasteiger partial charge in [0.15, 0.2) is 0 Å². The second-order valence-corrected chi connectivity index (χ2v) is 6.32. The van der Waals surface area contributed by atoms with E-state index in [9.17, 15) is 9.59 Å². The van der Waals surface area contributed by atoms with Crippen molar-refractivity contribution in [3.63, 3.8) is 0 Å². The number of carbonyl (C=O) groups excluding carboxylic acids is 1. The topological polar surface area (TPSA) is 64.0 Å². The molecule has 0 saturated carbocycles. The van der Waals surface area contributed by atoms with Gasteiger partial charge in [-0.1, -0.05) is 25.4 Å². The molecule has 0 radical (unpaired) electrons. The summed E-state index contributed by atoms with van der Waals surface area (Å²) in [6, 6.07) is 4.64. The summed E-state index contributed by atoms with van der Waals surface area (Å²) in [7, 11) is 1.66. The Hall–Kier alpha value is -1.88. The van der Waals surface area contributed by atoms with Crippen LogP contribution in [0.1, 0.15) is 39.1 Å². The summed E-state index contributed by atoms with van der Waals surface area (Å²) in [6.07, 6.45) is 0.442. The zero-order valence-corrected chi connectivity index (χ0v) is 13.9. The van der Waals surface area contributed by atoms with E-state index in [4.69, 9.17) is 11.6 Å². The molecular formula is C16H20ClN3O2. The van der Waals surface area contributed by atoms with Crippen molar-refractivity contribution in [1.29, 1.82) is 0 Å². The van der Waals surface area contributed by atoms with Crippen molar-refractivity contribution in [1.82, 2.24) is 14.9 Å². The Labute approximate surface area is 134 Å². The highest BCUT2D eigenvalue weighted by atomic mass is 35.5. The van der Waals surface area contributed by atoms with E-state index in [0.717, 1.165) is 0 Å². The third-order valence-electron chi connectivity index (χ3n) is 3.43. The largest absolute Gasteiger partial charge is 0.346 e. The summed E-state index contributed by atoms with van der Waals surface area (Å²) < 4.78 is 1.47. The van der Waals surface area contributed by atoms with Crippen LogP contribution in [0.3, 0.4) is 0 Å². The van der Waals surface area contributed by atoms with Gasteiger partial charge in [-0.3, -0.25) is 14.2 Å². The van der Waals surface area contributed by atoms with Gasteiger partial charge in [-0.05, 0) is 31.0 Å². The Balaban J connectivity index is 2.40. The molecular weight excluding hydrogens is 302 g/mol. The molecule has 2 rings (SSSR count). The number of rotatable bonds is 4. The number of halogens is 1. The van der Waals surface area contributed by atoms with Crippen molar-refractivity contribution >= 4 is 28.4 Å². The van der Waals surface area contributed by atoms with Crippen LogP contribution in [0.15, 0.2) is 23.0 Å². The van der Waals surface area contributed by atoms with Gasteiger partial charge >= 0.3 is 0 Å². The summed E-state index contributed by atoms with van der Waals surface area (Å²) in [5.41, 5.74) is 0.386. The number of hydrogen-bond donors (Lipinski definition) is 1. The Morgan fingerprint density at radius 1 is 1.36 bits per heavy atom. The number of hydrogen-bond acceptors (Lipinski definition) is 3. The molecule has 0 aliphatic carbocycles. The molecule has 1 amide bonds. The Morgan fingerprint density at radius 2 is 2.05 bits per heavy atom. The lowest BCUT2D eigenvalue weighted by atomic mass is 10.1. The van der Waals surface area contributed by atoms with Gasteiger partial charge < -0.3 is 5.32 Å². The molecule has 2 aromatic rings. The fraction of sp³-hybridized carbons (Fsp3) is 0.438. The smallest absolute Gasteiger partial charge is 0.261 e. The highest BCUT2D eigenvalue weighted by Crippen LogP contribution is 2.17. The lowest BCUT2D eigenvalue weighted by molar-refractivity contribution is -0.122. The number of nitrogens with one attached hydrogen (secondary N) is 1. The van der Waals surface area contributed by atoms with Gasteiger partial charge in [0.1, 0.15) is 5.82 Å². The highest BCUT2D eigenvalue weighted by Gasteiger charge is 2.17. The number of nitrogens with zero attached hydrogens (tertiary/aromatic N) is 2. The van der Waals surface area contributed by atoms with Crippen LogP contribution in [0.2, 0.25) is 5.02 Å². The Morgan fingerprint density at radius 3 is 2.68 bits per heavy atom. The number of fused-ring (bicyclic) bond motifs is 1. The van der Waals surface area contributed by atoms with E-state index >= 15 is 0 Å². The van der Waals surface area contributed by atoms with Crippen LogP contribution < -0.4 is 10.9 Å². The predicted molar refractivity (Wildman–Crippen MR) is 88.0 cm³/mol. The van der Waals surface area contributed by atoms with Crippen molar-refractivity contribution in [2.45, 2.75) is 33.2 Å². The summed E-state index contributed by atoms with van der Waals surface area (Å²) in [5, 5.41) is 3.92. The molecule has 22 heavy (non-hydrogen) atoms. The quantitative estimate of drug-likeness (QED) is 0.941. The summed E-state index contributed by atoms with van der Waals surface area (Å²) >= 11 is 5.97. The van der Waals surface area contributed by atoms with Crippen LogP contribution in [-0.4, -0.2) is 15.5 Å². The number of carbonyl (C=O) groups is 1. The van der Waals surface area contributed by atoms with Crippen LogP contribution in [0.4, 0.5) is 0 Å². The van der Waals surface area contributed by atoms with Gasteiger partial charge in [-0.25, -0.2) is 4.98 Å². The van der Waals surface area contributed by atoms with Gasteiger partial charge in [0, 0.05) is 18.5 Å². The fourth-order valence-corrected chi connectivity index (χ4v) is 2.55. The minimum Gasteiger partial charge on any atom is -0.346 e. The molecule has 1 atom stereocenters. The molecule has 5 nitrogen and oxygen atoms in total. The van der Waals surface area contributed by atoms with E-state index < -0.39 is 0 Å². The summed E-state index contributed by atoms with van der Waals surface area (Å²) in [5.74, 6) is 0.735. The lowest BCUT2D eigenvalue weighted by Crippen LogP contribution is -2.33. The first-order valence-electron chi connectivity index (χ1n) is 7.25. The third kappa shape index (κ3) is 3.47. The molecule has 1 aromatic carbocycles. The predicted octanol–water partition coefficient (Wildman–Crippen LogP) is 2.81. The van der Waals surface area contributed by atoms with Gasteiger partial charge in [-0.15, -0.1) is 0 Å². The number of aromatic nitrogens is 2. The van der Waals surface area contributed by atoms with Crippen LogP contribution in [0.25, 0.3) is 10.9 Å². The second kappa shape index (κ2) is 6.48. The van der Waals surface area contributed by atoms with Crippen LogP contribution in [0.5, 0.6) is 0 Å². The minimum atomic E-state index is -0.354. The van der Waals surface area contributed by atoms with E-state index in [1.807, 2.05) is 20.8 Å². The van der Waals surface area contributed by atoms with Gasteiger partial charge in [0.25, 0.3) is 5.56 Å². The van der Waals surface area contributed by atoms with Crippen molar-refractivity contribution in [3.8, 4) is 0 Å². The van der Waals surface area contributed by atoms with Crippen molar-refractivity contribution in [3.05, 3.63) is 39.4 Å². The molecule has 0 saturated heterocycles. The SMILES string of the molecule is CC(C)CC(=O)N[C@@H](C)c1nc2cc(Cl)ccc2c(=O)n1C. The summed E-state index contributed by atoms with van der Waals surface area (Å²) in [6.45, 7) is 5.78. The molecule has 0 bridgehead atoms. The van der Waals surface area contributed by atoms with E-state index in [1.54, 1.807) is 25.2 Å². The Bertz CT molecular complexity index is 768. The molecule has 1 heterocycles. The first-order chi connectivity index (χ1) is 10.3. The molecule has 1 aromatic heterocycles. The first kappa shape index (κ1) is 16.5. The molecule has 118 valence electrons. The van der Waals surface area contributed by atoms with E-state index in [1.165, 1.54) is 4.57 Å². The van der Waals surface area contributed by atoms with Gasteiger partial charge in [0.2, 0.25) is 5.91 Å². The maximum absolute atomic E-state index is 12.4. The van der Waals surface area contributed by atoms with E-state index in [0.29, 0.717) is 28.2 Å². The molecule has 6 heteroatoms. The summed E-state index contributed by atoms with van der Waals surface area (Å²) in [4.78, 5) is 28.8. The second-order valence-electron chi connectivity index (χ2n) is 5.88. The van der Waals surface area contributed by atoms with Crippen LogP contribution >= 0.6 is 11.6 Å². The average Bonchev–Trinajstić information content (AvgIpc) is 2.41. The lowest BCUT2D eigenvalue weighted by Gasteiger charge is -2.17. The molecule has 0 spiro atoms. The van der Waals surface area contributed by atoms with Crippen LogP contribution in [-0.2, 0) is 11.8 Å². The molecule has 0 fully saturated rings. The van der Waals surface area contributed by atoms with Crippen molar-refractivity contribution in [2.75, 3.05) is 0 Å². The maximum Gasteiger partial charge on any atom is 0.261 e. The number of benzene rings is 1. The molecule has 0 unspecified atom stereocenters. The minimum absolute atomic E-state index is 0.0528. The molecule has 0 aliphatic rings. The average molecular weight is 322 g/mol. The van der Waals surface area contributed by atoms with Crippen molar-refractivity contribution < 1.29 is 4.79 Å². The van der Waals surface area contributed by atoms with E-state index in [2.05, 4.69) is 10.3 Å².